The Balaban J connectivity index is 1.68. The van der Waals surface area contributed by atoms with Crippen molar-refractivity contribution in [3.8, 4) is 0 Å². The highest BCUT2D eigenvalue weighted by molar-refractivity contribution is 5.95. The van der Waals surface area contributed by atoms with Gasteiger partial charge in [0.1, 0.15) is 0 Å². The highest BCUT2D eigenvalue weighted by Crippen LogP contribution is 2.36. The number of aromatic amines is 1. The van der Waals surface area contributed by atoms with Crippen LogP contribution in [0.3, 0.4) is 0 Å². The molecule has 1 aliphatic rings. The molecule has 1 saturated carbocycles. The molecule has 0 saturated heterocycles. The topological polar surface area (TPSA) is 44.9 Å². The predicted octanol–water partition coefficient (Wildman–Crippen LogP) is 3.00. The molecule has 0 radical (unpaired) electrons. The van der Waals surface area contributed by atoms with Crippen LogP contribution in [0.25, 0.3) is 0 Å². The molecule has 1 fully saturated rings. The molecule has 19 heavy (non-hydrogen) atoms. The Morgan fingerprint density at radius 2 is 2.00 bits per heavy atom. The number of carbonyl (C=O) groups excluding carboxylic acids is 1. The molecule has 98 valence electrons. The first-order valence-corrected chi connectivity index (χ1v) is 6.75. The van der Waals surface area contributed by atoms with E-state index in [0.29, 0.717) is 5.92 Å². The molecule has 3 nitrogen and oxygen atoms in total. The second kappa shape index (κ2) is 4.92. The summed E-state index contributed by atoms with van der Waals surface area (Å²) in [7, 11) is 0. The van der Waals surface area contributed by atoms with Crippen molar-refractivity contribution in [3.63, 3.8) is 0 Å². The monoisotopic (exact) mass is 254 g/mol. The van der Waals surface area contributed by atoms with Gasteiger partial charge in [0.15, 0.2) is 0 Å². The predicted molar refractivity (Wildman–Crippen MR) is 75.2 cm³/mol. The lowest BCUT2D eigenvalue weighted by molar-refractivity contribution is 0.0904. The van der Waals surface area contributed by atoms with E-state index >= 15 is 0 Å². The number of amides is 1. The van der Waals surface area contributed by atoms with E-state index in [0.717, 1.165) is 24.1 Å². The Morgan fingerprint density at radius 1 is 1.21 bits per heavy atom. The van der Waals surface area contributed by atoms with Gasteiger partial charge in [-0.05, 0) is 31.4 Å². The molecule has 0 spiro atoms. The van der Waals surface area contributed by atoms with E-state index in [4.69, 9.17) is 0 Å². The first kappa shape index (κ1) is 12.0. The fourth-order valence-corrected chi connectivity index (χ4v) is 2.72. The standard InChI is InChI=1S/C16H18N2O/c1-11-13(9-10-17-11)16(19)18-15-8-7-14(15)12-5-3-2-4-6-12/h2-6,9-10,14-15,17H,7-8H2,1H3,(H,18,19). The Morgan fingerprint density at radius 3 is 2.58 bits per heavy atom. The van der Waals surface area contributed by atoms with Gasteiger partial charge in [0, 0.05) is 23.9 Å². The van der Waals surface area contributed by atoms with Crippen LogP contribution in [0.2, 0.25) is 0 Å². The molecule has 2 unspecified atom stereocenters. The van der Waals surface area contributed by atoms with Gasteiger partial charge in [0.05, 0.1) is 5.56 Å². The number of carbonyl (C=O) groups is 1. The quantitative estimate of drug-likeness (QED) is 0.869. The van der Waals surface area contributed by atoms with Gasteiger partial charge in [-0.1, -0.05) is 30.3 Å². The van der Waals surface area contributed by atoms with Crippen molar-refractivity contribution in [2.24, 2.45) is 0 Å². The molecule has 1 amide bonds. The summed E-state index contributed by atoms with van der Waals surface area (Å²) < 4.78 is 0. The maximum absolute atomic E-state index is 12.2. The van der Waals surface area contributed by atoms with Gasteiger partial charge in [-0.3, -0.25) is 4.79 Å². The van der Waals surface area contributed by atoms with Crippen molar-refractivity contribution in [2.45, 2.75) is 31.7 Å². The highest BCUT2D eigenvalue weighted by atomic mass is 16.1. The summed E-state index contributed by atoms with van der Waals surface area (Å²) in [5.74, 6) is 0.494. The van der Waals surface area contributed by atoms with Crippen LogP contribution in [0.15, 0.2) is 42.6 Å². The van der Waals surface area contributed by atoms with Gasteiger partial charge >= 0.3 is 0 Å². The highest BCUT2D eigenvalue weighted by Gasteiger charge is 2.33. The zero-order valence-electron chi connectivity index (χ0n) is 11.0. The lowest BCUT2D eigenvalue weighted by Crippen LogP contribution is -2.45. The van der Waals surface area contributed by atoms with Crippen LogP contribution in [-0.2, 0) is 0 Å². The molecule has 1 aliphatic carbocycles. The normalized spacial score (nSPS) is 21.7. The van der Waals surface area contributed by atoms with E-state index in [-0.39, 0.29) is 11.9 Å². The van der Waals surface area contributed by atoms with Gasteiger partial charge < -0.3 is 10.3 Å². The third-order valence-electron chi connectivity index (χ3n) is 4.02. The van der Waals surface area contributed by atoms with Crippen LogP contribution < -0.4 is 5.32 Å². The number of benzene rings is 1. The molecular formula is C16H18N2O. The minimum atomic E-state index is 0.0318. The summed E-state index contributed by atoms with van der Waals surface area (Å²) in [5, 5.41) is 3.15. The minimum absolute atomic E-state index is 0.0318. The van der Waals surface area contributed by atoms with Gasteiger partial charge in [0.25, 0.3) is 5.91 Å². The van der Waals surface area contributed by atoms with Crippen LogP contribution >= 0.6 is 0 Å². The fraction of sp³-hybridized carbons (Fsp3) is 0.312. The van der Waals surface area contributed by atoms with E-state index in [2.05, 4.69) is 34.6 Å². The van der Waals surface area contributed by atoms with Crippen LogP contribution in [-0.4, -0.2) is 16.9 Å². The summed E-state index contributed by atoms with van der Waals surface area (Å²) in [6.07, 6.45) is 4.02. The zero-order valence-corrected chi connectivity index (χ0v) is 11.0. The number of aryl methyl sites for hydroxylation is 1. The fourth-order valence-electron chi connectivity index (χ4n) is 2.72. The van der Waals surface area contributed by atoms with Crippen LogP contribution in [0.1, 0.15) is 40.4 Å². The second-order valence-corrected chi connectivity index (χ2v) is 5.19. The van der Waals surface area contributed by atoms with Gasteiger partial charge in [-0.15, -0.1) is 0 Å². The van der Waals surface area contributed by atoms with E-state index in [9.17, 15) is 4.79 Å². The molecule has 0 aliphatic heterocycles. The Kier molecular flexibility index (Phi) is 3.11. The Labute approximate surface area is 113 Å². The largest absolute Gasteiger partial charge is 0.365 e. The van der Waals surface area contributed by atoms with Crippen LogP contribution in [0.5, 0.6) is 0 Å². The maximum Gasteiger partial charge on any atom is 0.253 e. The van der Waals surface area contributed by atoms with Crippen LogP contribution in [0, 0.1) is 6.92 Å². The van der Waals surface area contributed by atoms with E-state index in [1.54, 1.807) is 6.20 Å². The molecule has 3 heteroatoms. The molecule has 2 atom stereocenters. The Hall–Kier alpha value is -2.03. The first-order chi connectivity index (χ1) is 9.25. The summed E-state index contributed by atoms with van der Waals surface area (Å²) in [6.45, 7) is 1.92. The number of aromatic nitrogens is 1. The van der Waals surface area contributed by atoms with Gasteiger partial charge in [-0.25, -0.2) is 0 Å². The van der Waals surface area contributed by atoms with Crippen molar-refractivity contribution in [1.82, 2.24) is 10.3 Å². The van der Waals surface area contributed by atoms with E-state index in [1.165, 1.54) is 5.56 Å². The average Bonchev–Trinajstić information content (AvgIpc) is 2.82. The SMILES string of the molecule is Cc1[nH]ccc1C(=O)NC1CCC1c1ccccc1. The zero-order chi connectivity index (χ0) is 13.2. The molecule has 3 rings (SSSR count). The second-order valence-electron chi connectivity index (χ2n) is 5.19. The molecule has 0 bridgehead atoms. The van der Waals surface area contributed by atoms with E-state index < -0.39 is 0 Å². The minimum Gasteiger partial charge on any atom is -0.365 e. The number of hydrogen-bond acceptors (Lipinski definition) is 1. The molecule has 2 N–H and O–H groups in total. The lowest BCUT2D eigenvalue weighted by atomic mass is 9.75. The van der Waals surface area contributed by atoms with Crippen molar-refractivity contribution < 1.29 is 4.79 Å². The summed E-state index contributed by atoms with van der Waals surface area (Å²) in [4.78, 5) is 15.2. The summed E-state index contributed by atoms with van der Waals surface area (Å²) in [5.41, 5.74) is 3.00. The van der Waals surface area contributed by atoms with Crippen molar-refractivity contribution >= 4 is 5.91 Å². The van der Waals surface area contributed by atoms with Crippen molar-refractivity contribution in [1.29, 1.82) is 0 Å². The van der Waals surface area contributed by atoms with Crippen LogP contribution in [0.4, 0.5) is 0 Å². The lowest BCUT2D eigenvalue weighted by Gasteiger charge is -2.37. The molecule has 2 aromatic rings. The van der Waals surface area contributed by atoms with E-state index in [1.807, 2.05) is 19.1 Å². The summed E-state index contributed by atoms with van der Waals surface area (Å²) >= 11 is 0. The number of rotatable bonds is 3. The number of hydrogen-bond donors (Lipinski definition) is 2. The molecule has 1 heterocycles. The number of H-pyrrole nitrogens is 1. The third-order valence-corrected chi connectivity index (χ3v) is 4.02. The number of nitrogens with one attached hydrogen (secondary N) is 2. The van der Waals surface area contributed by atoms with Crippen molar-refractivity contribution in [3.05, 3.63) is 59.4 Å². The van der Waals surface area contributed by atoms with Gasteiger partial charge in [-0.2, -0.15) is 0 Å². The average molecular weight is 254 g/mol. The summed E-state index contributed by atoms with van der Waals surface area (Å²) in [6, 6.07) is 12.5. The first-order valence-electron chi connectivity index (χ1n) is 6.75. The third kappa shape index (κ3) is 2.28. The maximum atomic E-state index is 12.2. The Bertz CT molecular complexity index is 573. The van der Waals surface area contributed by atoms with Gasteiger partial charge in [0.2, 0.25) is 0 Å². The molecular weight excluding hydrogens is 236 g/mol. The molecule has 1 aromatic carbocycles. The van der Waals surface area contributed by atoms with Crippen molar-refractivity contribution in [2.75, 3.05) is 0 Å². The molecule has 1 aromatic heterocycles. The smallest absolute Gasteiger partial charge is 0.253 e.